The van der Waals surface area contributed by atoms with Crippen LogP contribution >= 0.6 is 11.6 Å². The summed E-state index contributed by atoms with van der Waals surface area (Å²) >= 11 is 6.12. The highest BCUT2D eigenvalue weighted by atomic mass is 35.5. The van der Waals surface area contributed by atoms with Crippen LogP contribution in [0.3, 0.4) is 0 Å². The zero-order valence-electron chi connectivity index (χ0n) is 24.1. The molecule has 6 rings (SSSR count). The van der Waals surface area contributed by atoms with Gasteiger partial charge in [-0.1, -0.05) is 66.2 Å². The molecule has 0 aliphatic carbocycles. The molecule has 0 spiro atoms. The average molecular weight is 586 g/mol. The maximum Gasteiger partial charge on any atom is 0.245 e. The Morgan fingerprint density at radius 1 is 0.857 bits per heavy atom. The fourth-order valence-corrected chi connectivity index (χ4v) is 6.62. The van der Waals surface area contributed by atoms with E-state index in [2.05, 4.69) is 56.8 Å². The number of hydrogen-bond donors (Lipinski definition) is 2. The molecule has 7 nitrogen and oxygen atoms in total. The second-order valence-electron chi connectivity index (χ2n) is 11.7. The van der Waals surface area contributed by atoms with Crippen molar-refractivity contribution in [1.82, 2.24) is 20.4 Å². The van der Waals surface area contributed by atoms with Crippen LogP contribution in [0.5, 0.6) is 0 Å². The first-order valence-corrected chi connectivity index (χ1v) is 15.6. The molecule has 42 heavy (non-hydrogen) atoms. The number of anilines is 1. The Balaban J connectivity index is 1.12. The standard InChI is InChI=1S/C34H40ClN5O2/c35-29-13-11-25(12-14-29)21-31(37-33(41)30-22-26-7-1-2-8-27(26)23-36-30)34(42)40-19-17-39(18-20-40)32-10-4-3-9-28(32)24-38-15-5-6-16-38/h1-4,7-14,30-31,36H,5-6,15-24H2,(H,37,41)/t30-,31-/m1/s1. The molecule has 2 fully saturated rings. The molecule has 220 valence electrons. The lowest BCUT2D eigenvalue weighted by molar-refractivity contribution is -0.137. The third-order valence-corrected chi connectivity index (χ3v) is 9.13. The summed E-state index contributed by atoms with van der Waals surface area (Å²) in [7, 11) is 0. The normalized spacial score (nSPS) is 19.8. The van der Waals surface area contributed by atoms with Crippen molar-refractivity contribution in [3.8, 4) is 0 Å². The van der Waals surface area contributed by atoms with E-state index in [4.69, 9.17) is 11.6 Å². The highest BCUT2D eigenvalue weighted by molar-refractivity contribution is 6.30. The van der Waals surface area contributed by atoms with Crippen LogP contribution in [-0.2, 0) is 35.5 Å². The van der Waals surface area contributed by atoms with Crippen LogP contribution in [0.2, 0.25) is 5.02 Å². The number of para-hydroxylation sites is 1. The lowest BCUT2D eigenvalue weighted by Gasteiger charge is -2.39. The van der Waals surface area contributed by atoms with Crippen LogP contribution < -0.4 is 15.5 Å². The zero-order valence-corrected chi connectivity index (χ0v) is 24.9. The number of fused-ring (bicyclic) bond motifs is 1. The fraction of sp³-hybridized carbons (Fsp3) is 0.412. The number of carbonyl (C=O) groups is 2. The molecular weight excluding hydrogens is 546 g/mol. The Morgan fingerprint density at radius 3 is 2.31 bits per heavy atom. The van der Waals surface area contributed by atoms with E-state index in [0.29, 0.717) is 37.5 Å². The number of halogens is 1. The van der Waals surface area contributed by atoms with Crippen LogP contribution in [0.25, 0.3) is 0 Å². The number of likely N-dealkylation sites (tertiary alicyclic amines) is 1. The molecule has 0 radical (unpaired) electrons. The molecule has 3 aliphatic rings. The summed E-state index contributed by atoms with van der Waals surface area (Å²) in [6, 6.07) is 23.4. The van der Waals surface area contributed by atoms with Crippen LogP contribution in [0.15, 0.2) is 72.8 Å². The van der Waals surface area contributed by atoms with Crippen LogP contribution in [0, 0.1) is 0 Å². The molecule has 2 amide bonds. The number of carbonyl (C=O) groups excluding carboxylic acids is 2. The Kier molecular flexibility index (Phi) is 9.08. The molecule has 0 aromatic heterocycles. The van der Waals surface area contributed by atoms with E-state index >= 15 is 0 Å². The maximum absolute atomic E-state index is 14.0. The molecule has 0 saturated carbocycles. The summed E-state index contributed by atoms with van der Waals surface area (Å²) in [6.07, 6.45) is 3.59. The van der Waals surface area contributed by atoms with Gasteiger partial charge in [-0.3, -0.25) is 14.5 Å². The van der Waals surface area contributed by atoms with Crippen molar-refractivity contribution in [2.45, 2.75) is 50.9 Å². The monoisotopic (exact) mass is 585 g/mol. The number of amides is 2. The molecule has 3 aliphatic heterocycles. The van der Waals surface area contributed by atoms with E-state index in [1.165, 1.54) is 48.3 Å². The molecule has 0 unspecified atom stereocenters. The summed E-state index contributed by atoms with van der Waals surface area (Å²) in [6.45, 7) is 6.74. The predicted molar refractivity (Wildman–Crippen MR) is 168 cm³/mol. The number of hydrogen-bond acceptors (Lipinski definition) is 5. The SMILES string of the molecule is O=C(N[C@H](Cc1ccc(Cl)cc1)C(=O)N1CCN(c2ccccc2CN2CCCC2)CC1)[C@H]1Cc2ccccc2CN1. The Hall–Kier alpha value is -3.39. The smallest absolute Gasteiger partial charge is 0.245 e. The first-order chi connectivity index (χ1) is 20.5. The predicted octanol–water partition coefficient (Wildman–Crippen LogP) is 4.03. The minimum absolute atomic E-state index is 0.0282. The van der Waals surface area contributed by atoms with Gasteiger partial charge in [-0.15, -0.1) is 0 Å². The first kappa shape index (κ1) is 28.7. The fourth-order valence-electron chi connectivity index (χ4n) is 6.49. The van der Waals surface area contributed by atoms with E-state index in [9.17, 15) is 9.59 Å². The van der Waals surface area contributed by atoms with Gasteiger partial charge in [0, 0.05) is 56.4 Å². The summed E-state index contributed by atoms with van der Waals surface area (Å²) in [5.74, 6) is -0.161. The van der Waals surface area contributed by atoms with Crippen molar-refractivity contribution in [2.24, 2.45) is 0 Å². The van der Waals surface area contributed by atoms with Crippen molar-refractivity contribution in [1.29, 1.82) is 0 Å². The maximum atomic E-state index is 14.0. The molecule has 2 saturated heterocycles. The number of nitrogens with one attached hydrogen (secondary N) is 2. The lowest BCUT2D eigenvalue weighted by atomic mass is 9.95. The second kappa shape index (κ2) is 13.3. The average Bonchev–Trinajstić information content (AvgIpc) is 3.55. The van der Waals surface area contributed by atoms with E-state index in [-0.39, 0.29) is 17.9 Å². The highest BCUT2D eigenvalue weighted by Crippen LogP contribution is 2.25. The van der Waals surface area contributed by atoms with Crippen LogP contribution in [0.4, 0.5) is 5.69 Å². The van der Waals surface area contributed by atoms with Crippen molar-refractivity contribution in [3.05, 3.63) is 100 Å². The van der Waals surface area contributed by atoms with Gasteiger partial charge in [-0.2, -0.15) is 0 Å². The minimum atomic E-state index is -0.647. The van der Waals surface area contributed by atoms with Gasteiger partial charge < -0.3 is 20.4 Å². The summed E-state index contributed by atoms with van der Waals surface area (Å²) < 4.78 is 0. The molecule has 8 heteroatoms. The summed E-state index contributed by atoms with van der Waals surface area (Å²) in [4.78, 5) is 34.3. The van der Waals surface area contributed by atoms with E-state index in [0.717, 1.165) is 25.2 Å². The third-order valence-electron chi connectivity index (χ3n) is 8.88. The topological polar surface area (TPSA) is 67.9 Å². The quantitative estimate of drug-likeness (QED) is 0.418. The van der Waals surface area contributed by atoms with Gasteiger partial charge in [-0.05, 0) is 72.8 Å². The van der Waals surface area contributed by atoms with Crippen LogP contribution in [-0.4, -0.2) is 73.0 Å². The van der Waals surface area contributed by atoms with E-state index < -0.39 is 6.04 Å². The van der Waals surface area contributed by atoms with Crippen molar-refractivity contribution in [2.75, 3.05) is 44.2 Å². The van der Waals surface area contributed by atoms with Gasteiger partial charge >= 0.3 is 0 Å². The van der Waals surface area contributed by atoms with E-state index in [1.807, 2.05) is 41.3 Å². The zero-order chi connectivity index (χ0) is 28.9. The van der Waals surface area contributed by atoms with Gasteiger partial charge in [0.1, 0.15) is 6.04 Å². The number of piperazine rings is 1. The number of rotatable bonds is 8. The lowest BCUT2D eigenvalue weighted by Crippen LogP contribution is -2.58. The minimum Gasteiger partial charge on any atom is -0.368 e. The Morgan fingerprint density at radius 2 is 1.55 bits per heavy atom. The van der Waals surface area contributed by atoms with Crippen molar-refractivity contribution in [3.63, 3.8) is 0 Å². The van der Waals surface area contributed by atoms with Gasteiger partial charge in [0.05, 0.1) is 6.04 Å². The van der Waals surface area contributed by atoms with Gasteiger partial charge in [0.2, 0.25) is 11.8 Å². The largest absolute Gasteiger partial charge is 0.368 e. The van der Waals surface area contributed by atoms with Gasteiger partial charge in [0.25, 0.3) is 0 Å². The number of benzene rings is 3. The summed E-state index contributed by atoms with van der Waals surface area (Å²) in [5, 5.41) is 7.14. The van der Waals surface area contributed by atoms with E-state index in [1.54, 1.807) is 0 Å². The van der Waals surface area contributed by atoms with Gasteiger partial charge in [0.15, 0.2) is 0 Å². The highest BCUT2D eigenvalue weighted by Gasteiger charge is 2.32. The molecular formula is C34H40ClN5O2. The first-order valence-electron chi connectivity index (χ1n) is 15.2. The third kappa shape index (κ3) is 6.80. The molecule has 3 aromatic rings. The summed E-state index contributed by atoms with van der Waals surface area (Å²) in [5.41, 5.74) is 5.99. The molecule has 2 N–H and O–H groups in total. The van der Waals surface area contributed by atoms with Gasteiger partial charge in [-0.25, -0.2) is 0 Å². The molecule has 2 atom stereocenters. The number of nitrogens with zero attached hydrogens (tertiary/aromatic N) is 3. The Bertz CT molecular complexity index is 1380. The Labute approximate surface area is 253 Å². The van der Waals surface area contributed by atoms with Crippen molar-refractivity contribution >= 4 is 29.1 Å². The van der Waals surface area contributed by atoms with Crippen molar-refractivity contribution < 1.29 is 9.59 Å². The molecule has 3 heterocycles. The second-order valence-corrected chi connectivity index (χ2v) is 12.2. The molecule has 3 aromatic carbocycles. The van der Waals surface area contributed by atoms with Crippen LogP contribution in [0.1, 0.15) is 35.1 Å². The molecule has 0 bridgehead atoms.